The van der Waals surface area contributed by atoms with Gasteiger partial charge in [0, 0.05) is 30.5 Å². The summed E-state index contributed by atoms with van der Waals surface area (Å²) >= 11 is 0. The van der Waals surface area contributed by atoms with Crippen molar-refractivity contribution in [1.82, 2.24) is 14.7 Å². The molecular weight excluding hydrogens is 248 g/mol. The lowest BCUT2D eigenvalue weighted by atomic mass is 10.1. The lowest BCUT2D eigenvalue weighted by Crippen LogP contribution is -2.34. The first-order valence-corrected chi connectivity index (χ1v) is 7.38. The highest BCUT2D eigenvalue weighted by molar-refractivity contribution is 5.65. The summed E-state index contributed by atoms with van der Waals surface area (Å²) in [6.45, 7) is 5.73. The van der Waals surface area contributed by atoms with Crippen LogP contribution in [-0.2, 0) is 0 Å². The van der Waals surface area contributed by atoms with Gasteiger partial charge in [-0.05, 0) is 37.1 Å². The van der Waals surface area contributed by atoms with Crippen LogP contribution in [0, 0.1) is 0 Å². The second-order valence-electron chi connectivity index (χ2n) is 5.50. The van der Waals surface area contributed by atoms with Gasteiger partial charge in [0.1, 0.15) is 0 Å². The number of nitrogens with two attached hydrogens (primary N) is 1. The van der Waals surface area contributed by atoms with Crippen molar-refractivity contribution in [3.63, 3.8) is 0 Å². The maximum Gasteiger partial charge on any atom is 0.0568 e. The van der Waals surface area contributed by atoms with Gasteiger partial charge in [-0.1, -0.05) is 19.1 Å². The molecule has 0 saturated carbocycles. The second-order valence-corrected chi connectivity index (χ2v) is 5.50. The minimum absolute atomic E-state index is 0.535. The van der Waals surface area contributed by atoms with E-state index in [2.05, 4.69) is 33.9 Å². The van der Waals surface area contributed by atoms with Crippen molar-refractivity contribution < 1.29 is 0 Å². The average Bonchev–Trinajstić information content (AvgIpc) is 2.97. The van der Waals surface area contributed by atoms with E-state index >= 15 is 0 Å². The second kappa shape index (κ2) is 5.67. The lowest BCUT2D eigenvalue weighted by molar-refractivity contribution is 0.187. The van der Waals surface area contributed by atoms with E-state index in [1.165, 1.54) is 25.9 Å². The highest BCUT2D eigenvalue weighted by Gasteiger charge is 2.20. The van der Waals surface area contributed by atoms with E-state index in [1.54, 1.807) is 0 Å². The molecule has 2 heterocycles. The standard InChI is InChI=1S/C16H22N4/c1-2-19-8-6-16(7-9-19)20-12-14(11-18-20)13-4-3-5-15(17)10-13/h3-5,10-12,16H,2,6-9,17H2,1H3. The molecule has 1 aromatic carbocycles. The quantitative estimate of drug-likeness (QED) is 0.872. The van der Waals surface area contributed by atoms with Crippen molar-refractivity contribution in [1.29, 1.82) is 0 Å². The molecule has 1 aromatic heterocycles. The number of anilines is 1. The third kappa shape index (κ3) is 2.70. The van der Waals surface area contributed by atoms with Gasteiger partial charge in [-0.15, -0.1) is 0 Å². The van der Waals surface area contributed by atoms with Crippen LogP contribution in [0.25, 0.3) is 11.1 Å². The number of aromatic nitrogens is 2. The van der Waals surface area contributed by atoms with E-state index in [1.807, 2.05) is 24.4 Å². The van der Waals surface area contributed by atoms with E-state index in [0.29, 0.717) is 6.04 Å². The number of hydrogen-bond donors (Lipinski definition) is 1. The van der Waals surface area contributed by atoms with Crippen molar-refractivity contribution >= 4 is 5.69 Å². The molecule has 4 nitrogen and oxygen atoms in total. The molecule has 0 aliphatic carbocycles. The van der Waals surface area contributed by atoms with Crippen molar-refractivity contribution in [2.24, 2.45) is 0 Å². The summed E-state index contributed by atoms with van der Waals surface area (Å²) in [5.41, 5.74) is 8.93. The molecule has 4 heteroatoms. The third-order valence-electron chi connectivity index (χ3n) is 4.20. The van der Waals surface area contributed by atoms with Gasteiger partial charge in [0.2, 0.25) is 0 Å². The van der Waals surface area contributed by atoms with Gasteiger partial charge in [0.15, 0.2) is 0 Å². The fraction of sp³-hybridized carbons (Fsp3) is 0.438. The van der Waals surface area contributed by atoms with Crippen LogP contribution >= 0.6 is 0 Å². The summed E-state index contributed by atoms with van der Waals surface area (Å²) in [7, 11) is 0. The number of likely N-dealkylation sites (tertiary alicyclic amines) is 1. The Hall–Kier alpha value is -1.81. The molecule has 0 unspecified atom stereocenters. The zero-order chi connectivity index (χ0) is 13.9. The Morgan fingerprint density at radius 3 is 2.75 bits per heavy atom. The lowest BCUT2D eigenvalue weighted by Gasteiger charge is -2.31. The van der Waals surface area contributed by atoms with Crippen LogP contribution in [0.2, 0.25) is 0 Å². The van der Waals surface area contributed by atoms with Crippen molar-refractivity contribution in [3.05, 3.63) is 36.7 Å². The molecule has 2 N–H and O–H groups in total. The maximum atomic E-state index is 5.84. The van der Waals surface area contributed by atoms with Gasteiger partial charge in [-0.3, -0.25) is 4.68 Å². The summed E-state index contributed by atoms with van der Waals surface area (Å²) < 4.78 is 2.13. The van der Waals surface area contributed by atoms with Crippen LogP contribution in [-0.4, -0.2) is 34.3 Å². The molecule has 1 aliphatic rings. The largest absolute Gasteiger partial charge is 0.399 e. The van der Waals surface area contributed by atoms with E-state index in [0.717, 1.165) is 23.4 Å². The molecule has 0 bridgehead atoms. The molecule has 3 rings (SSSR count). The number of benzene rings is 1. The molecule has 106 valence electrons. The normalized spacial score (nSPS) is 17.4. The molecule has 1 saturated heterocycles. The molecule has 1 fully saturated rings. The van der Waals surface area contributed by atoms with Crippen LogP contribution in [0.3, 0.4) is 0 Å². The van der Waals surface area contributed by atoms with Crippen LogP contribution in [0.4, 0.5) is 5.69 Å². The average molecular weight is 270 g/mol. The van der Waals surface area contributed by atoms with Gasteiger partial charge in [0.25, 0.3) is 0 Å². The van der Waals surface area contributed by atoms with E-state index in [-0.39, 0.29) is 0 Å². The Bertz CT molecular complexity index is 567. The fourth-order valence-corrected chi connectivity index (χ4v) is 2.91. The number of nitrogen functional groups attached to an aromatic ring is 1. The van der Waals surface area contributed by atoms with E-state index in [4.69, 9.17) is 5.73 Å². The van der Waals surface area contributed by atoms with Crippen LogP contribution in [0.15, 0.2) is 36.7 Å². The zero-order valence-electron chi connectivity index (χ0n) is 12.0. The smallest absolute Gasteiger partial charge is 0.0568 e. The van der Waals surface area contributed by atoms with Gasteiger partial charge >= 0.3 is 0 Å². The molecular formula is C16H22N4. The molecule has 20 heavy (non-hydrogen) atoms. The maximum absolute atomic E-state index is 5.84. The SMILES string of the molecule is CCN1CCC(n2cc(-c3cccc(N)c3)cn2)CC1. The summed E-state index contributed by atoms with van der Waals surface area (Å²) in [6, 6.07) is 8.52. The predicted octanol–water partition coefficient (Wildman–Crippen LogP) is 2.79. The van der Waals surface area contributed by atoms with Gasteiger partial charge in [-0.25, -0.2) is 0 Å². The molecule has 2 aromatic rings. The molecule has 0 spiro atoms. The van der Waals surface area contributed by atoms with Crippen LogP contribution < -0.4 is 5.73 Å². The topological polar surface area (TPSA) is 47.1 Å². The van der Waals surface area contributed by atoms with Gasteiger partial charge in [-0.2, -0.15) is 5.10 Å². The fourth-order valence-electron chi connectivity index (χ4n) is 2.91. The van der Waals surface area contributed by atoms with Crippen LogP contribution in [0.5, 0.6) is 0 Å². The van der Waals surface area contributed by atoms with E-state index in [9.17, 15) is 0 Å². The third-order valence-corrected chi connectivity index (χ3v) is 4.20. The Morgan fingerprint density at radius 2 is 2.05 bits per heavy atom. The monoisotopic (exact) mass is 270 g/mol. The number of nitrogens with zero attached hydrogens (tertiary/aromatic N) is 3. The molecule has 0 amide bonds. The molecule has 0 radical (unpaired) electrons. The minimum Gasteiger partial charge on any atom is -0.399 e. The van der Waals surface area contributed by atoms with Gasteiger partial charge < -0.3 is 10.6 Å². The molecule has 0 atom stereocenters. The van der Waals surface area contributed by atoms with Crippen molar-refractivity contribution in [2.45, 2.75) is 25.8 Å². The van der Waals surface area contributed by atoms with E-state index < -0.39 is 0 Å². The Morgan fingerprint density at radius 1 is 1.25 bits per heavy atom. The number of hydrogen-bond acceptors (Lipinski definition) is 3. The Kier molecular flexibility index (Phi) is 3.74. The summed E-state index contributed by atoms with van der Waals surface area (Å²) in [5.74, 6) is 0. The number of rotatable bonds is 3. The zero-order valence-corrected chi connectivity index (χ0v) is 12.0. The summed E-state index contributed by atoms with van der Waals surface area (Å²) in [5, 5.41) is 4.55. The molecule has 1 aliphatic heterocycles. The number of piperidine rings is 1. The Labute approximate surface area is 120 Å². The summed E-state index contributed by atoms with van der Waals surface area (Å²) in [4.78, 5) is 2.50. The first-order valence-electron chi connectivity index (χ1n) is 7.38. The van der Waals surface area contributed by atoms with Crippen molar-refractivity contribution in [2.75, 3.05) is 25.4 Å². The predicted molar refractivity (Wildman–Crippen MR) is 82.5 cm³/mol. The first kappa shape index (κ1) is 13.2. The van der Waals surface area contributed by atoms with Crippen LogP contribution in [0.1, 0.15) is 25.8 Å². The highest BCUT2D eigenvalue weighted by atomic mass is 15.3. The highest BCUT2D eigenvalue weighted by Crippen LogP contribution is 2.26. The Balaban J connectivity index is 1.74. The minimum atomic E-state index is 0.535. The van der Waals surface area contributed by atoms with Crippen molar-refractivity contribution in [3.8, 4) is 11.1 Å². The van der Waals surface area contributed by atoms with Gasteiger partial charge in [0.05, 0.1) is 12.2 Å². The summed E-state index contributed by atoms with van der Waals surface area (Å²) in [6.07, 6.45) is 6.47. The first-order chi connectivity index (χ1) is 9.76.